The van der Waals surface area contributed by atoms with Crippen LogP contribution in [0.2, 0.25) is 0 Å². The summed E-state index contributed by atoms with van der Waals surface area (Å²) >= 11 is 0. The van der Waals surface area contributed by atoms with Crippen LogP contribution in [-0.2, 0) is 19.6 Å². The number of hydrogen-bond donors (Lipinski definition) is 4. The summed E-state index contributed by atoms with van der Waals surface area (Å²) in [7, 11) is -3.64. The summed E-state index contributed by atoms with van der Waals surface area (Å²) in [6, 6.07) is 4.08. The molecule has 0 aromatic heterocycles. The summed E-state index contributed by atoms with van der Waals surface area (Å²) in [5.41, 5.74) is -0.927. The van der Waals surface area contributed by atoms with Crippen LogP contribution in [0.3, 0.4) is 0 Å². The first-order valence-corrected chi connectivity index (χ1v) is 9.12. The largest absolute Gasteiger partial charge is 0.481 e. The Morgan fingerprint density at radius 1 is 1.20 bits per heavy atom. The number of carboxylic acids is 1. The summed E-state index contributed by atoms with van der Waals surface area (Å²) in [5.74, 6) is -2.12. The van der Waals surface area contributed by atoms with Crippen LogP contribution in [0, 0.1) is 5.41 Å². The first kappa shape index (κ1) is 20.4. The average Bonchev–Trinajstić information content (AvgIpc) is 2.44. The van der Waals surface area contributed by atoms with E-state index >= 15 is 0 Å². The molecule has 9 nitrogen and oxygen atoms in total. The van der Waals surface area contributed by atoms with E-state index in [1.807, 2.05) is 0 Å². The maximum atomic E-state index is 12.4. The fourth-order valence-corrected chi connectivity index (χ4v) is 2.35. The number of nitrogens with one attached hydrogen (secondary N) is 3. The molecule has 0 atom stereocenters. The third-order valence-corrected chi connectivity index (χ3v) is 3.74. The average molecular weight is 371 g/mol. The number of carboxylic acid groups (broad SMARTS) is 1. The molecule has 0 aliphatic rings. The van der Waals surface area contributed by atoms with E-state index in [4.69, 9.17) is 5.11 Å². The van der Waals surface area contributed by atoms with Gasteiger partial charge in [-0.05, 0) is 32.0 Å². The molecule has 0 fully saturated rings. The standard InChI is InChI=1S/C15H21N3O6S/c1-9(19)17-10-5-6-12(18-25(4,23)24)11(7-10)13(20)16-8-15(2,3)14(21)22/h5-7,18H,8H2,1-4H3,(H,16,20)(H,17,19)(H,21,22). The SMILES string of the molecule is CC(=O)Nc1ccc(NS(C)(=O)=O)c(C(=O)NCC(C)(C)C(=O)O)c1. The molecule has 25 heavy (non-hydrogen) atoms. The Balaban J connectivity index is 3.16. The van der Waals surface area contributed by atoms with Crippen molar-refractivity contribution in [3.63, 3.8) is 0 Å². The monoisotopic (exact) mass is 371 g/mol. The van der Waals surface area contributed by atoms with Crippen LogP contribution in [0.15, 0.2) is 18.2 Å². The van der Waals surface area contributed by atoms with Crippen molar-refractivity contribution < 1.29 is 27.9 Å². The van der Waals surface area contributed by atoms with E-state index in [1.54, 1.807) is 0 Å². The molecule has 1 rings (SSSR count). The molecule has 2 amide bonds. The molecule has 0 unspecified atom stereocenters. The van der Waals surface area contributed by atoms with Gasteiger partial charge in [-0.2, -0.15) is 0 Å². The number of carbonyl (C=O) groups is 3. The number of anilines is 2. The molecule has 10 heteroatoms. The first-order chi connectivity index (χ1) is 11.3. The fraction of sp³-hybridized carbons (Fsp3) is 0.400. The van der Waals surface area contributed by atoms with Gasteiger partial charge in [-0.3, -0.25) is 19.1 Å². The zero-order chi connectivity index (χ0) is 19.4. The van der Waals surface area contributed by atoms with Gasteiger partial charge in [0.2, 0.25) is 15.9 Å². The minimum Gasteiger partial charge on any atom is -0.481 e. The molecular formula is C15H21N3O6S. The van der Waals surface area contributed by atoms with Crippen LogP contribution in [0.1, 0.15) is 31.1 Å². The van der Waals surface area contributed by atoms with Gasteiger partial charge < -0.3 is 15.7 Å². The molecule has 0 radical (unpaired) electrons. The molecule has 4 N–H and O–H groups in total. The summed E-state index contributed by atoms with van der Waals surface area (Å²) in [6.07, 6.45) is 0.934. The molecule has 0 saturated heterocycles. The van der Waals surface area contributed by atoms with Gasteiger partial charge in [0.15, 0.2) is 0 Å². The highest BCUT2D eigenvalue weighted by atomic mass is 32.2. The minimum atomic E-state index is -3.64. The van der Waals surface area contributed by atoms with E-state index in [1.165, 1.54) is 39.0 Å². The van der Waals surface area contributed by atoms with Crippen LogP contribution in [-0.4, -0.2) is 44.1 Å². The molecule has 1 aromatic carbocycles. The Kier molecular flexibility index (Phi) is 6.14. The quantitative estimate of drug-likeness (QED) is 0.560. The summed E-state index contributed by atoms with van der Waals surface area (Å²) in [5, 5.41) is 14.0. The normalized spacial score (nSPS) is 11.5. The second-order valence-corrected chi connectivity index (χ2v) is 7.94. The van der Waals surface area contributed by atoms with Gasteiger partial charge in [0.05, 0.1) is 22.9 Å². The number of benzene rings is 1. The Hall–Kier alpha value is -2.62. The second-order valence-electron chi connectivity index (χ2n) is 6.19. The van der Waals surface area contributed by atoms with E-state index in [-0.39, 0.29) is 23.7 Å². The highest BCUT2D eigenvalue weighted by Gasteiger charge is 2.28. The minimum absolute atomic E-state index is 0.0160. The lowest BCUT2D eigenvalue weighted by atomic mass is 9.94. The van der Waals surface area contributed by atoms with Crippen molar-refractivity contribution in [1.82, 2.24) is 5.32 Å². The van der Waals surface area contributed by atoms with Crippen LogP contribution >= 0.6 is 0 Å². The van der Waals surface area contributed by atoms with Gasteiger partial charge in [-0.25, -0.2) is 8.42 Å². The topological polar surface area (TPSA) is 142 Å². The Bertz CT molecular complexity index is 801. The van der Waals surface area contributed by atoms with Gasteiger partial charge in [0.1, 0.15) is 0 Å². The van der Waals surface area contributed by atoms with Crippen LogP contribution in [0.5, 0.6) is 0 Å². The van der Waals surface area contributed by atoms with Crippen LogP contribution in [0.4, 0.5) is 11.4 Å². The predicted octanol–water partition coefficient (Wildman–Crippen LogP) is 0.857. The van der Waals surface area contributed by atoms with Crippen molar-refractivity contribution in [2.24, 2.45) is 5.41 Å². The van der Waals surface area contributed by atoms with Crippen molar-refractivity contribution in [3.8, 4) is 0 Å². The third kappa shape index (κ3) is 6.42. The van der Waals surface area contributed by atoms with Gasteiger partial charge >= 0.3 is 5.97 Å². The number of amides is 2. The van der Waals surface area contributed by atoms with E-state index < -0.39 is 27.3 Å². The van der Waals surface area contributed by atoms with E-state index in [9.17, 15) is 22.8 Å². The van der Waals surface area contributed by atoms with Crippen LogP contribution in [0.25, 0.3) is 0 Å². The van der Waals surface area contributed by atoms with E-state index in [2.05, 4.69) is 15.4 Å². The molecule has 138 valence electrons. The molecule has 0 bridgehead atoms. The molecule has 0 aliphatic carbocycles. The number of hydrogen-bond acceptors (Lipinski definition) is 5. The molecule has 0 aliphatic heterocycles. The van der Waals surface area contributed by atoms with Crippen molar-refractivity contribution >= 4 is 39.2 Å². The number of rotatable bonds is 7. The molecular weight excluding hydrogens is 350 g/mol. The maximum absolute atomic E-state index is 12.4. The molecule has 0 saturated carbocycles. The molecule has 0 spiro atoms. The smallest absolute Gasteiger partial charge is 0.310 e. The van der Waals surface area contributed by atoms with Crippen LogP contribution < -0.4 is 15.4 Å². The van der Waals surface area contributed by atoms with Crippen molar-refractivity contribution in [2.45, 2.75) is 20.8 Å². The fourth-order valence-electron chi connectivity index (χ4n) is 1.77. The Morgan fingerprint density at radius 3 is 2.28 bits per heavy atom. The predicted molar refractivity (Wildman–Crippen MR) is 93.0 cm³/mol. The van der Waals surface area contributed by atoms with E-state index in [0.29, 0.717) is 5.69 Å². The lowest BCUT2D eigenvalue weighted by Crippen LogP contribution is -2.39. The van der Waals surface area contributed by atoms with Crippen molar-refractivity contribution in [2.75, 3.05) is 22.8 Å². The first-order valence-electron chi connectivity index (χ1n) is 7.23. The second kappa shape index (κ2) is 7.51. The molecule has 0 heterocycles. The van der Waals surface area contributed by atoms with Gasteiger partial charge in [0, 0.05) is 19.2 Å². The molecule has 1 aromatic rings. The lowest BCUT2D eigenvalue weighted by Gasteiger charge is -2.20. The zero-order valence-corrected chi connectivity index (χ0v) is 15.2. The third-order valence-electron chi connectivity index (χ3n) is 3.15. The van der Waals surface area contributed by atoms with Gasteiger partial charge in [-0.1, -0.05) is 0 Å². The van der Waals surface area contributed by atoms with Crippen molar-refractivity contribution in [1.29, 1.82) is 0 Å². The van der Waals surface area contributed by atoms with Crippen molar-refractivity contribution in [3.05, 3.63) is 23.8 Å². The summed E-state index contributed by atoms with van der Waals surface area (Å²) in [6.45, 7) is 4.01. The van der Waals surface area contributed by atoms with Gasteiger partial charge in [-0.15, -0.1) is 0 Å². The van der Waals surface area contributed by atoms with Gasteiger partial charge in [0.25, 0.3) is 5.91 Å². The number of aliphatic carboxylic acids is 1. The highest BCUT2D eigenvalue weighted by Crippen LogP contribution is 2.22. The van der Waals surface area contributed by atoms with E-state index in [0.717, 1.165) is 6.26 Å². The highest BCUT2D eigenvalue weighted by molar-refractivity contribution is 7.92. The number of sulfonamides is 1. The summed E-state index contributed by atoms with van der Waals surface area (Å²) in [4.78, 5) is 34.7. The maximum Gasteiger partial charge on any atom is 0.310 e. The Labute approximate surface area is 145 Å². The lowest BCUT2D eigenvalue weighted by molar-refractivity contribution is -0.146. The number of carbonyl (C=O) groups excluding carboxylic acids is 2. The summed E-state index contributed by atoms with van der Waals surface area (Å²) < 4.78 is 25.1. The zero-order valence-electron chi connectivity index (χ0n) is 14.3. The Morgan fingerprint density at radius 2 is 1.80 bits per heavy atom.